The van der Waals surface area contributed by atoms with Gasteiger partial charge >= 0.3 is 0 Å². The van der Waals surface area contributed by atoms with Gasteiger partial charge in [-0.05, 0) is 42.3 Å². The number of hydrogen-bond acceptors (Lipinski definition) is 4. The molecule has 0 saturated heterocycles. The molecule has 0 bridgehead atoms. The van der Waals surface area contributed by atoms with Crippen molar-refractivity contribution in [3.05, 3.63) is 53.6 Å². The summed E-state index contributed by atoms with van der Waals surface area (Å²) in [6.45, 7) is 2.99. The minimum atomic E-state index is 0.629. The van der Waals surface area contributed by atoms with E-state index in [0.717, 1.165) is 16.8 Å². The van der Waals surface area contributed by atoms with Crippen LogP contribution in [-0.4, -0.2) is 12.0 Å². The summed E-state index contributed by atoms with van der Waals surface area (Å²) in [5, 5.41) is 0.629. The Morgan fingerprint density at radius 1 is 1.20 bits per heavy atom. The highest BCUT2D eigenvalue weighted by Gasteiger charge is 2.05. The predicted octanol–water partition coefficient (Wildman–Crippen LogP) is 3.82. The molecule has 0 aliphatic heterocycles. The van der Waals surface area contributed by atoms with E-state index in [1.54, 1.807) is 0 Å². The number of nitrogens with zero attached hydrogens (tertiary/aromatic N) is 2. The number of thiazole rings is 1. The summed E-state index contributed by atoms with van der Waals surface area (Å²) >= 11 is 1.54. The molecule has 0 spiro atoms. The van der Waals surface area contributed by atoms with Gasteiger partial charge in [-0.1, -0.05) is 29.5 Å². The van der Waals surface area contributed by atoms with Crippen LogP contribution in [0.2, 0.25) is 0 Å². The molecule has 2 N–H and O–H groups in total. The van der Waals surface area contributed by atoms with Crippen molar-refractivity contribution in [3.8, 4) is 0 Å². The number of benzene rings is 2. The van der Waals surface area contributed by atoms with E-state index in [4.69, 9.17) is 5.73 Å². The molecule has 3 nitrogen and oxygen atoms in total. The first-order valence-electron chi connectivity index (χ1n) is 6.54. The molecule has 2 aromatic carbocycles. The summed E-state index contributed by atoms with van der Waals surface area (Å²) in [7, 11) is 2.11. The lowest BCUT2D eigenvalue weighted by Crippen LogP contribution is -2.16. The van der Waals surface area contributed by atoms with Gasteiger partial charge in [0.15, 0.2) is 5.13 Å². The molecule has 3 rings (SSSR count). The molecule has 102 valence electrons. The topological polar surface area (TPSA) is 42.2 Å². The van der Waals surface area contributed by atoms with Gasteiger partial charge in [0.25, 0.3) is 0 Å². The van der Waals surface area contributed by atoms with Gasteiger partial charge in [-0.3, -0.25) is 0 Å². The fourth-order valence-electron chi connectivity index (χ4n) is 2.32. The lowest BCUT2D eigenvalue weighted by molar-refractivity contribution is 0.924. The summed E-state index contributed by atoms with van der Waals surface area (Å²) in [6, 6.07) is 14.9. The van der Waals surface area contributed by atoms with E-state index < -0.39 is 0 Å². The van der Waals surface area contributed by atoms with Crippen LogP contribution in [0.25, 0.3) is 10.2 Å². The number of anilines is 2. The van der Waals surface area contributed by atoms with E-state index in [0.29, 0.717) is 5.13 Å². The Balaban J connectivity index is 1.85. The molecular formula is C16H17N3S. The molecule has 1 heterocycles. The third kappa shape index (κ3) is 2.60. The molecule has 0 aliphatic rings. The molecular weight excluding hydrogens is 266 g/mol. The SMILES string of the molecule is Cc1cccc(N(C)Cc2ccc3nc(N)sc3c2)c1. The molecule has 0 atom stereocenters. The lowest BCUT2D eigenvalue weighted by atomic mass is 10.1. The van der Waals surface area contributed by atoms with Gasteiger partial charge in [-0.2, -0.15) is 0 Å². The average Bonchev–Trinajstić information content (AvgIpc) is 2.78. The van der Waals surface area contributed by atoms with Crippen LogP contribution in [0, 0.1) is 6.92 Å². The monoisotopic (exact) mass is 283 g/mol. The molecule has 0 saturated carbocycles. The second kappa shape index (κ2) is 5.13. The maximum absolute atomic E-state index is 5.75. The van der Waals surface area contributed by atoms with Crippen molar-refractivity contribution >= 4 is 32.4 Å². The number of nitrogens with two attached hydrogens (primary N) is 1. The van der Waals surface area contributed by atoms with Gasteiger partial charge in [0.05, 0.1) is 10.2 Å². The molecule has 0 amide bonds. The average molecular weight is 283 g/mol. The summed E-state index contributed by atoms with van der Waals surface area (Å²) in [4.78, 5) is 6.53. The quantitative estimate of drug-likeness (QED) is 0.794. The fourth-order valence-corrected chi connectivity index (χ4v) is 3.11. The number of rotatable bonds is 3. The highest BCUT2D eigenvalue weighted by Crippen LogP contribution is 2.25. The van der Waals surface area contributed by atoms with Crippen molar-refractivity contribution in [2.75, 3.05) is 17.7 Å². The van der Waals surface area contributed by atoms with Crippen LogP contribution < -0.4 is 10.6 Å². The van der Waals surface area contributed by atoms with E-state index >= 15 is 0 Å². The summed E-state index contributed by atoms with van der Waals surface area (Å²) in [6.07, 6.45) is 0. The van der Waals surface area contributed by atoms with E-state index in [9.17, 15) is 0 Å². The second-order valence-corrected chi connectivity index (χ2v) is 6.11. The van der Waals surface area contributed by atoms with E-state index in [1.807, 2.05) is 6.07 Å². The fraction of sp³-hybridized carbons (Fsp3) is 0.188. The van der Waals surface area contributed by atoms with Gasteiger partial charge in [0, 0.05) is 19.3 Å². The smallest absolute Gasteiger partial charge is 0.181 e. The van der Waals surface area contributed by atoms with Crippen molar-refractivity contribution in [1.82, 2.24) is 4.98 Å². The van der Waals surface area contributed by atoms with Crippen LogP contribution in [-0.2, 0) is 6.54 Å². The highest BCUT2D eigenvalue weighted by molar-refractivity contribution is 7.22. The summed E-state index contributed by atoms with van der Waals surface area (Å²) in [5.41, 5.74) is 10.5. The van der Waals surface area contributed by atoms with Gasteiger partial charge in [-0.15, -0.1) is 0 Å². The van der Waals surface area contributed by atoms with E-state index in [1.165, 1.54) is 28.2 Å². The third-order valence-electron chi connectivity index (χ3n) is 3.33. The van der Waals surface area contributed by atoms with Crippen LogP contribution in [0.4, 0.5) is 10.8 Å². The zero-order valence-electron chi connectivity index (χ0n) is 11.6. The Morgan fingerprint density at radius 2 is 2.05 bits per heavy atom. The highest BCUT2D eigenvalue weighted by atomic mass is 32.1. The molecule has 1 aromatic heterocycles. The van der Waals surface area contributed by atoms with E-state index in [2.05, 4.69) is 60.3 Å². The second-order valence-electron chi connectivity index (χ2n) is 5.05. The van der Waals surface area contributed by atoms with Gasteiger partial charge < -0.3 is 10.6 Å². The zero-order valence-corrected chi connectivity index (χ0v) is 12.4. The van der Waals surface area contributed by atoms with Crippen molar-refractivity contribution in [3.63, 3.8) is 0 Å². The standard InChI is InChI=1S/C16H17N3S/c1-11-4-3-5-13(8-11)19(2)10-12-6-7-14-15(9-12)20-16(17)18-14/h3-9H,10H2,1-2H3,(H2,17,18). The third-order valence-corrected chi connectivity index (χ3v) is 4.18. The predicted molar refractivity (Wildman–Crippen MR) is 87.3 cm³/mol. The molecule has 0 radical (unpaired) electrons. The lowest BCUT2D eigenvalue weighted by Gasteiger charge is -2.19. The Bertz CT molecular complexity index is 748. The molecule has 0 fully saturated rings. The van der Waals surface area contributed by atoms with Crippen LogP contribution in [0.15, 0.2) is 42.5 Å². The van der Waals surface area contributed by atoms with Crippen LogP contribution in [0.1, 0.15) is 11.1 Å². The molecule has 0 unspecified atom stereocenters. The molecule has 0 aliphatic carbocycles. The van der Waals surface area contributed by atoms with Crippen molar-refractivity contribution in [2.24, 2.45) is 0 Å². The Labute approximate surface area is 122 Å². The maximum atomic E-state index is 5.75. The van der Waals surface area contributed by atoms with Gasteiger partial charge in [0.2, 0.25) is 0 Å². The van der Waals surface area contributed by atoms with Crippen LogP contribution in [0.3, 0.4) is 0 Å². The molecule has 4 heteroatoms. The largest absolute Gasteiger partial charge is 0.375 e. The number of nitrogen functional groups attached to an aromatic ring is 1. The summed E-state index contributed by atoms with van der Waals surface area (Å²) < 4.78 is 1.15. The van der Waals surface area contributed by atoms with Gasteiger partial charge in [-0.25, -0.2) is 4.98 Å². The van der Waals surface area contributed by atoms with Crippen LogP contribution >= 0.6 is 11.3 Å². The molecule has 3 aromatic rings. The van der Waals surface area contributed by atoms with Gasteiger partial charge in [0.1, 0.15) is 0 Å². The van der Waals surface area contributed by atoms with E-state index in [-0.39, 0.29) is 0 Å². The number of aromatic nitrogens is 1. The molecule has 20 heavy (non-hydrogen) atoms. The first-order chi connectivity index (χ1) is 9.61. The Morgan fingerprint density at radius 3 is 2.85 bits per heavy atom. The van der Waals surface area contributed by atoms with Crippen molar-refractivity contribution in [1.29, 1.82) is 0 Å². The number of fused-ring (bicyclic) bond motifs is 1. The minimum absolute atomic E-state index is 0.629. The minimum Gasteiger partial charge on any atom is -0.375 e. The number of hydrogen-bond donors (Lipinski definition) is 1. The van der Waals surface area contributed by atoms with Crippen LogP contribution in [0.5, 0.6) is 0 Å². The van der Waals surface area contributed by atoms with Crippen molar-refractivity contribution < 1.29 is 0 Å². The van der Waals surface area contributed by atoms with Crippen molar-refractivity contribution in [2.45, 2.75) is 13.5 Å². The normalized spacial score (nSPS) is 10.9. The Hall–Kier alpha value is -2.07. The zero-order chi connectivity index (χ0) is 14.1. The summed E-state index contributed by atoms with van der Waals surface area (Å²) in [5.74, 6) is 0. The maximum Gasteiger partial charge on any atom is 0.181 e. The Kier molecular flexibility index (Phi) is 3.32. The first-order valence-corrected chi connectivity index (χ1v) is 7.36. The first kappa shape index (κ1) is 12.9. The number of aryl methyl sites for hydroxylation is 1.